The van der Waals surface area contributed by atoms with Crippen LogP contribution in [0.5, 0.6) is 0 Å². The molecule has 0 fully saturated rings. The van der Waals surface area contributed by atoms with Crippen molar-refractivity contribution in [3.63, 3.8) is 0 Å². The number of hydrogen-bond donors (Lipinski definition) is 1. The maximum Gasteiger partial charge on any atom is 0.322 e. The van der Waals surface area contributed by atoms with E-state index in [-0.39, 0.29) is 12.6 Å². The number of rotatable bonds is 6. The van der Waals surface area contributed by atoms with Crippen molar-refractivity contribution in [1.82, 2.24) is 15.0 Å². The van der Waals surface area contributed by atoms with Gasteiger partial charge in [-0.15, -0.1) is 6.58 Å². The molecule has 2 amide bonds. The molecule has 0 bridgehead atoms. The number of benzene rings is 2. The number of aromatic nitrogens is 2. The quantitative estimate of drug-likeness (QED) is 0.676. The summed E-state index contributed by atoms with van der Waals surface area (Å²) in [4.78, 5) is 18.5. The third-order valence-electron chi connectivity index (χ3n) is 3.73. The first-order chi connectivity index (χ1) is 12.7. The van der Waals surface area contributed by atoms with Crippen molar-refractivity contribution in [2.24, 2.45) is 0 Å². The first-order valence-electron chi connectivity index (χ1n) is 8.27. The summed E-state index contributed by atoms with van der Waals surface area (Å²) in [7, 11) is 0. The zero-order chi connectivity index (χ0) is 18.4. The van der Waals surface area contributed by atoms with Crippen LogP contribution in [0.4, 0.5) is 10.5 Å². The number of nitrogens with one attached hydrogen (secondary N) is 1. The van der Waals surface area contributed by atoms with Crippen molar-refractivity contribution in [2.75, 3.05) is 11.9 Å². The molecule has 6 heteroatoms. The van der Waals surface area contributed by atoms with Gasteiger partial charge >= 0.3 is 6.03 Å². The lowest BCUT2D eigenvalue weighted by molar-refractivity contribution is 0.206. The van der Waals surface area contributed by atoms with E-state index in [0.29, 0.717) is 18.3 Å². The molecule has 0 unspecified atom stereocenters. The van der Waals surface area contributed by atoms with Gasteiger partial charge in [0.2, 0.25) is 11.7 Å². The zero-order valence-corrected chi connectivity index (χ0v) is 14.6. The number of urea groups is 1. The molecule has 6 nitrogen and oxygen atoms in total. The molecular formula is C20H20N4O2. The molecule has 1 heterocycles. The van der Waals surface area contributed by atoms with Gasteiger partial charge in [-0.05, 0) is 24.6 Å². The first kappa shape index (κ1) is 17.4. The highest BCUT2D eigenvalue weighted by Gasteiger charge is 2.17. The monoisotopic (exact) mass is 348 g/mol. The van der Waals surface area contributed by atoms with Gasteiger partial charge in [0, 0.05) is 17.8 Å². The molecular weight excluding hydrogens is 328 g/mol. The van der Waals surface area contributed by atoms with Crippen molar-refractivity contribution in [3.8, 4) is 11.4 Å². The van der Waals surface area contributed by atoms with Gasteiger partial charge < -0.3 is 14.7 Å². The Morgan fingerprint density at radius 2 is 2.04 bits per heavy atom. The Kier molecular flexibility index (Phi) is 5.43. The predicted octanol–water partition coefficient (Wildman–Crippen LogP) is 4.27. The van der Waals surface area contributed by atoms with Gasteiger partial charge in [-0.1, -0.05) is 53.7 Å². The smallest absolute Gasteiger partial charge is 0.322 e. The molecule has 3 rings (SSSR count). The summed E-state index contributed by atoms with van der Waals surface area (Å²) in [5.74, 6) is 0.864. The summed E-state index contributed by atoms with van der Waals surface area (Å²) < 4.78 is 5.30. The van der Waals surface area contributed by atoms with Crippen molar-refractivity contribution in [3.05, 3.63) is 78.7 Å². The van der Waals surface area contributed by atoms with Crippen LogP contribution in [0.3, 0.4) is 0 Å². The molecule has 0 radical (unpaired) electrons. The van der Waals surface area contributed by atoms with E-state index >= 15 is 0 Å². The second-order valence-corrected chi connectivity index (χ2v) is 5.85. The first-order valence-corrected chi connectivity index (χ1v) is 8.27. The number of hydrogen-bond acceptors (Lipinski definition) is 4. The minimum Gasteiger partial charge on any atom is -0.337 e. The largest absolute Gasteiger partial charge is 0.337 e. The molecule has 26 heavy (non-hydrogen) atoms. The lowest BCUT2D eigenvalue weighted by Crippen LogP contribution is -2.34. The van der Waals surface area contributed by atoms with Crippen molar-refractivity contribution < 1.29 is 9.32 Å². The lowest BCUT2D eigenvalue weighted by atomic mass is 10.2. The number of carbonyl (C=O) groups excluding carboxylic acids is 1. The Labute approximate surface area is 152 Å². The van der Waals surface area contributed by atoms with E-state index < -0.39 is 0 Å². The van der Waals surface area contributed by atoms with Crippen LogP contribution in [0.15, 0.2) is 71.8 Å². The number of anilines is 1. The number of nitrogens with zero attached hydrogens (tertiary/aromatic N) is 3. The maximum absolute atomic E-state index is 12.6. The lowest BCUT2D eigenvalue weighted by Gasteiger charge is -2.19. The summed E-state index contributed by atoms with van der Waals surface area (Å²) >= 11 is 0. The van der Waals surface area contributed by atoms with Crippen LogP contribution >= 0.6 is 0 Å². The fraction of sp³-hybridized carbons (Fsp3) is 0.150. The average molecular weight is 348 g/mol. The summed E-state index contributed by atoms with van der Waals surface area (Å²) in [6.45, 7) is 6.24. The van der Waals surface area contributed by atoms with E-state index in [2.05, 4.69) is 22.0 Å². The fourth-order valence-electron chi connectivity index (χ4n) is 2.49. The summed E-state index contributed by atoms with van der Waals surface area (Å²) in [5.41, 5.74) is 2.67. The normalized spacial score (nSPS) is 10.3. The van der Waals surface area contributed by atoms with Gasteiger partial charge in [0.05, 0.1) is 0 Å². The van der Waals surface area contributed by atoms with Crippen LogP contribution < -0.4 is 5.32 Å². The van der Waals surface area contributed by atoms with E-state index in [1.165, 1.54) is 0 Å². The Bertz CT molecular complexity index is 890. The van der Waals surface area contributed by atoms with E-state index in [1.807, 2.05) is 61.5 Å². The van der Waals surface area contributed by atoms with Crippen molar-refractivity contribution in [1.29, 1.82) is 0 Å². The summed E-state index contributed by atoms with van der Waals surface area (Å²) in [6.07, 6.45) is 1.66. The second kappa shape index (κ2) is 8.11. The molecule has 2 aromatic carbocycles. The van der Waals surface area contributed by atoms with Crippen LogP contribution in [0.2, 0.25) is 0 Å². The minimum atomic E-state index is -0.255. The van der Waals surface area contributed by atoms with E-state index in [0.717, 1.165) is 16.8 Å². The Morgan fingerprint density at radius 3 is 2.77 bits per heavy atom. The maximum atomic E-state index is 12.6. The molecule has 0 aliphatic rings. The third-order valence-corrected chi connectivity index (χ3v) is 3.73. The molecule has 1 aromatic heterocycles. The van der Waals surface area contributed by atoms with E-state index in [4.69, 9.17) is 4.52 Å². The predicted molar refractivity (Wildman–Crippen MR) is 101 cm³/mol. The molecule has 0 aliphatic carbocycles. The van der Waals surface area contributed by atoms with Crippen molar-refractivity contribution >= 4 is 11.7 Å². The van der Waals surface area contributed by atoms with Crippen LogP contribution in [-0.2, 0) is 6.54 Å². The van der Waals surface area contributed by atoms with E-state index in [1.54, 1.807) is 11.0 Å². The molecule has 0 atom stereocenters. The van der Waals surface area contributed by atoms with Gasteiger partial charge in [-0.25, -0.2) is 4.79 Å². The number of carbonyl (C=O) groups is 1. The molecule has 0 saturated carbocycles. The molecule has 3 aromatic rings. The molecule has 0 saturated heterocycles. The zero-order valence-electron chi connectivity index (χ0n) is 14.6. The van der Waals surface area contributed by atoms with Crippen LogP contribution in [-0.4, -0.2) is 27.6 Å². The topological polar surface area (TPSA) is 71.3 Å². The number of aryl methyl sites for hydroxylation is 1. The van der Waals surface area contributed by atoms with Crippen LogP contribution in [0, 0.1) is 6.92 Å². The summed E-state index contributed by atoms with van der Waals surface area (Å²) in [6, 6.07) is 16.9. The Balaban J connectivity index is 1.71. The molecule has 132 valence electrons. The fourth-order valence-corrected chi connectivity index (χ4v) is 2.49. The van der Waals surface area contributed by atoms with Crippen LogP contribution in [0.1, 0.15) is 11.5 Å². The Hall–Kier alpha value is -3.41. The molecule has 0 aliphatic heterocycles. The highest BCUT2D eigenvalue weighted by Crippen LogP contribution is 2.16. The highest BCUT2D eigenvalue weighted by molar-refractivity contribution is 5.89. The summed E-state index contributed by atoms with van der Waals surface area (Å²) in [5, 5.41) is 6.86. The molecule has 0 spiro atoms. The Morgan fingerprint density at radius 1 is 1.23 bits per heavy atom. The van der Waals surface area contributed by atoms with Gasteiger partial charge in [0.15, 0.2) is 0 Å². The van der Waals surface area contributed by atoms with Crippen LogP contribution in [0.25, 0.3) is 11.4 Å². The SMILES string of the molecule is C=CCN(Cc1nc(-c2ccccc2)no1)C(=O)Nc1cccc(C)c1. The second-order valence-electron chi connectivity index (χ2n) is 5.85. The highest BCUT2D eigenvalue weighted by atomic mass is 16.5. The van der Waals surface area contributed by atoms with Gasteiger partial charge in [-0.3, -0.25) is 0 Å². The van der Waals surface area contributed by atoms with Gasteiger partial charge in [0.1, 0.15) is 6.54 Å². The van der Waals surface area contributed by atoms with Gasteiger partial charge in [0.25, 0.3) is 0 Å². The number of amides is 2. The van der Waals surface area contributed by atoms with Crippen molar-refractivity contribution in [2.45, 2.75) is 13.5 Å². The third kappa shape index (κ3) is 4.36. The average Bonchev–Trinajstić information content (AvgIpc) is 3.11. The standard InChI is InChI=1S/C20H20N4O2/c1-3-12-24(20(25)21-17-11-7-8-15(2)13-17)14-18-22-19(23-26-18)16-9-5-4-6-10-16/h3-11,13H,1,12,14H2,2H3,(H,21,25). The minimum absolute atomic E-state index is 0.198. The molecule has 1 N–H and O–H groups in total. The van der Waals surface area contributed by atoms with Gasteiger partial charge in [-0.2, -0.15) is 4.98 Å². The van der Waals surface area contributed by atoms with E-state index in [9.17, 15) is 4.79 Å².